The van der Waals surface area contributed by atoms with Gasteiger partial charge in [-0.15, -0.1) is 0 Å². The molecule has 0 aliphatic heterocycles. The number of fused-ring (bicyclic) bond motifs is 1. The predicted molar refractivity (Wildman–Crippen MR) is 95.2 cm³/mol. The van der Waals surface area contributed by atoms with E-state index >= 15 is 0 Å². The largest absolute Gasteiger partial charge is 0.462 e. The highest BCUT2D eigenvalue weighted by atomic mass is 16.5. The Bertz CT molecular complexity index is 837. The van der Waals surface area contributed by atoms with Crippen LogP contribution in [-0.4, -0.2) is 22.1 Å². The molecule has 0 aliphatic carbocycles. The minimum atomic E-state index is -0.288. The summed E-state index contributed by atoms with van der Waals surface area (Å²) in [5, 5.41) is 0. The number of aryl methyl sites for hydroxylation is 1. The number of rotatable bonds is 6. The number of ether oxygens (including phenoxy) is 1. The molecule has 0 N–H and O–H groups in total. The summed E-state index contributed by atoms with van der Waals surface area (Å²) in [6.45, 7) is 5.09. The van der Waals surface area contributed by atoms with Gasteiger partial charge in [-0.05, 0) is 37.1 Å². The average molecular weight is 322 g/mol. The molecule has 0 atom stereocenters. The van der Waals surface area contributed by atoms with Crippen molar-refractivity contribution in [2.75, 3.05) is 6.61 Å². The number of nitrogens with zero attached hydrogens (tertiary/aromatic N) is 2. The van der Waals surface area contributed by atoms with Gasteiger partial charge in [0.1, 0.15) is 5.82 Å². The van der Waals surface area contributed by atoms with Gasteiger partial charge in [0.15, 0.2) is 0 Å². The highest BCUT2D eigenvalue weighted by Gasteiger charge is 2.14. The minimum Gasteiger partial charge on any atom is -0.462 e. The van der Waals surface area contributed by atoms with Crippen molar-refractivity contribution in [1.82, 2.24) is 9.55 Å². The van der Waals surface area contributed by atoms with Gasteiger partial charge in [-0.3, -0.25) is 0 Å². The number of carbonyl (C=O) groups is 1. The first-order chi connectivity index (χ1) is 11.7. The van der Waals surface area contributed by atoms with Crippen LogP contribution in [0.25, 0.3) is 11.0 Å². The van der Waals surface area contributed by atoms with Gasteiger partial charge in [-0.1, -0.05) is 37.3 Å². The average Bonchev–Trinajstić information content (AvgIpc) is 2.93. The van der Waals surface area contributed by atoms with Crippen LogP contribution in [0, 0.1) is 0 Å². The van der Waals surface area contributed by atoms with Crippen molar-refractivity contribution in [2.24, 2.45) is 0 Å². The Hall–Kier alpha value is -2.62. The second-order valence-corrected chi connectivity index (χ2v) is 5.77. The number of benzene rings is 2. The van der Waals surface area contributed by atoms with Crippen molar-refractivity contribution in [3.63, 3.8) is 0 Å². The number of carbonyl (C=O) groups excluding carboxylic acids is 1. The molecule has 1 aromatic heterocycles. The molecule has 124 valence electrons. The van der Waals surface area contributed by atoms with E-state index in [0.717, 1.165) is 36.2 Å². The topological polar surface area (TPSA) is 44.1 Å². The third-order valence-electron chi connectivity index (χ3n) is 4.00. The molecule has 0 saturated carbocycles. The van der Waals surface area contributed by atoms with Crippen molar-refractivity contribution in [2.45, 2.75) is 33.2 Å². The lowest BCUT2D eigenvalue weighted by Gasteiger charge is -2.09. The molecule has 3 rings (SSSR count). The lowest BCUT2D eigenvalue weighted by Crippen LogP contribution is -2.07. The van der Waals surface area contributed by atoms with Crippen molar-refractivity contribution in [3.8, 4) is 0 Å². The molecule has 0 fully saturated rings. The number of imidazole rings is 1. The Kier molecular flexibility index (Phi) is 4.94. The van der Waals surface area contributed by atoms with Crippen LogP contribution in [0.5, 0.6) is 0 Å². The molecule has 4 nitrogen and oxygen atoms in total. The molecule has 0 unspecified atom stereocenters. The SMILES string of the molecule is CCCc1nc2ccc(C(=O)OCC)cc2n1Cc1ccccc1. The summed E-state index contributed by atoms with van der Waals surface area (Å²) >= 11 is 0. The first kappa shape index (κ1) is 16.2. The molecule has 2 aromatic carbocycles. The van der Waals surface area contributed by atoms with Crippen LogP contribution in [-0.2, 0) is 17.7 Å². The first-order valence-corrected chi connectivity index (χ1v) is 8.43. The van der Waals surface area contributed by atoms with Crippen LogP contribution in [0.3, 0.4) is 0 Å². The molecule has 0 spiro atoms. The molecule has 1 heterocycles. The lowest BCUT2D eigenvalue weighted by molar-refractivity contribution is 0.0526. The first-order valence-electron chi connectivity index (χ1n) is 8.43. The van der Waals surface area contributed by atoms with E-state index in [2.05, 4.69) is 23.6 Å². The third-order valence-corrected chi connectivity index (χ3v) is 4.00. The molecule has 0 aliphatic rings. The number of hydrogen-bond acceptors (Lipinski definition) is 3. The molecule has 4 heteroatoms. The van der Waals surface area contributed by atoms with E-state index in [-0.39, 0.29) is 5.97 Å². The maximum atomic E-state index is 12.0. The van der Waals surface area contributed by atoms with Gasteiger partial charge in [0.05, 0.1) is 23.2 Å². The van der Waals surface area contributed by atoms with Gasteiger partial charge in [0, 0.05) is 13.0 Å². The Balaban J connectivity index is 2.06. The summed E-state index contributed by atoms with van der Waals surface area (Å²) in [4.78, 5) is 16.8. The van der Waals surface area contributed by atoms with E-state index in [4.69, 9.17) is 9.72 Å². The van der Waals surface area contributed by atoms with E-state index < -0.39 is 0 Å². The molecule has 0 radical (unpaired) electrons. The van der Waals surface area contributed by atoms with Crippen molar-refractivity contribution < 1.29 is 9.53 Å². The zero-order chi connectivity index (χ0) is 16.9. The van der Waals surface area contributed by atoms with Crippen molar-refractivity contribution in [3.05, 3.63) is 65.5 Å². The van der Waals surface area contributed by atoms with Gasteiger partial charge in [0.2, 0.25) is 0 Å². The predicted octanol–water partition coefficient (Wildman–Crippen LogP) is 4.21. The quantitative estimate of drug-likeness (QED) is 0.638. The van der Waals surface area contributed by atoms with Crippen LogP contribution in [0.15, 0.2) is 48.5 Å². The van der Waals surface area contributed by atoms with Crippen molar-refractivity contribution >= 4 is 17.0 Å². The summed E-state index contributed by atoms with van der Waals surface area (Å²) in [7, 11) is 0. The maximum Gasteiger partial charge on any atom is 0.338 e. The standard InChI is InChI=1S/C20H22N2O2/c1-3-8-19-21-17-12-11-16(20(23)24-4-2)13-18(17)22(19)14-15-9-6-5-7-10-15/h5-7,9-13H,3-4,8,14H2,1-2H3. The lowest BCUT2D eigenvalue weighted by atomic mass is 10.2. The summed E-state index contributed by atoms with van der Waals surface area (Å²) in [5.41, 5.74) is 3.69. The smallest absolute Gasteiger partial charge is 0.338 e. The molecular formula is C20H22N2O2. The minimum absolute atomic E-state index is 0.288. The van der Waals surface area contributed by atoms with Crippen LogP contribution < -0.4 is 0 Å². The van der Waals surface area contributed by atoms with Gasteiger partial charge in [-0.2, -0.15) is 0 Å². The summed E-state index contributed by atoms with van der Waals surface area (Å²) in [6, 6.07) is 15.9. The molecule has 3 aromatic rings. The number of esters is 1. The fourth-order valence-electron chi connectivity index (χ4n) is 2.87. The second-order valence-electron chi connectivity index (χ2n) is 5.77. The van der Waals surface area contributed by atoms with Crippen LogP contribution in [0.1, 0.15) is 42.0 Å². The summed E-state index contributed by atoms with van der Waals surface area (Å²) in [6.07, 6.45) is 1.94. The fraction of sp³-hybridized carbons (Fsp3) is 0.300. The molecule has 24 heavy (non-hydrogen) atoms. The van der Waals surface area contributed by atoms with E-state index in [1.807, 2.05) is 37.3 Å². The van der Waals surface area contributed by atoms with Gasteiger partial charge >= 0.3 is 5.97 Å². The van der Waals surface area contributed by atoms with E-state index in [0.29, 0.717) is 12.2 Å². The third kappa shape index (κ3) is 3.32. The van der Waals surface area contributed by atoms with Gasteiger partial charge < -0.3 is 9.30 Å². The number of hydrogen-bond donors (Lipinski definition) is 0. The monoisotopic (exact) mass is 322 g/mol. The summed E-state index contributed by atoms with van der Waals surface area (Å²) in [5.74, 6) is 0.765. The zero-order valence-electron chi connectivity index (χ0n) is 14.2. The van der Waals surface area contributed by atoms with Crippen LogP contribution in [0.2, 0.25) is 0 Å². The maximum absolute atomic E-state index is 12.0. The Morgan fingerprint density at radius 3 is 2.62 bits per heavy atom. The summed E-state index contributed by atoms with van der Waals surface area (Å²) < 4.78 is 7.33. The number of aromatic nitrogens is 2. The molecule has 0 amide bonds. The molecule has 0 bridgehead atoms. The van der Waals surface area contributed by atoms with E-state index in [9.17, 15) is 4.79 Å². The Labute approximate surface area is 142 Å². The normalized spacial score (nSPS) is 10.9. The zero-order valence-corrected chi connectivity index (χ0v) is 14.2. The molecular weight excluding hydrogens is 300 g/mol. The Morgan fingerprint density at radius 1 is 1.12 bits per heavy atom. The van der Waals surface area contributed by atoms with Crippen LogP contribution >= 0.6 is 0 Å². The highest BCUT2D eigenvalue weighted by Crippen LogP contribution is 2.21. The highest BCUT2D eigenvalue weighted by molar-refractivity contribution is 5.93. The second kappa shape index (κ2) is 7.30. The van der Waals surface area contributed by atoms with E-state index in [1.165, 1.54) is 5.56 Å². The Morgan fingerprint density at radius 2 is 1.92 bits per heavy atom. The van der Waals surface area contributed by atoms with E-state index in [1.54, 1.807) is 6.07 Å². The fourth-order valence-corrected chi connectivity index (χ4v) is 2.87. The van der Waals surface area contributed by atoms with Gasteiger partial charge in [-0.25, -0.2) is 9.78 Å². The van der Waals surface area contributed by atoms with Crippen molar-refractivity contribution in [1.29, 1.82) is 0 Å². The van der Waals surface area contributed by atoms with Gasteiger partial charge in [0.25, 0.3) is 0 Å². The van der Waals surface area contributed by atoms with Crippen LogP contribution in [0.4, 0.5) is 0 Å². The molecule has 0 saturated heterocycles.